The molecule has 0 fully saturated rings. The minimum atomic E-state index is -4.60. The van der Waals surface area contributed by atoms with Crippen molar-refractivity contribution >= 4 is 27.3 Å². The molecule has 3 aromatic carbocycles. The lowest BCUT2D eigenvalue weighted by molar-refractivity contribution is -0.137. The van der Waals surface area contributed by atoms with Crippen LogP contribution in [0.15, 0.2) is 77.7 Å². The number of hydrogen-bond donors (Lipinski definition) is 2. The van der Waals surface area contributed by atoms with Gasteiger partial charge in [0.25, 0.3) is 15.9 Å². The number of hydrogen-bond acceptors (Lipinski definition) is 5. The highest BCUT2D eigenvalue weighted by Gasteiger charge is 2.30. The summed E-state index contributed by atoms with van der Waals surface area (Å²) >= 11 is 0. The van der Waals surface area contributed by atoms with E-state index in [9.17, 15) is 26.4 Å². The zero-order chi connectivity index (χ0) is 25.6. The third-order valence-corrected chi connectivity index (χ3v) is 6.27. The summed E-state index contributed by atoms with van der Waals surface area (Å²) in [4.78, 5) is 12.5. The minimum Gasteiger partial charge on any atom is -0.493 e. The fourth-order valence-corrected chi connectivity index (χ4v) is 4.15. The van der Waals surface area contributed by atoms with Gasteiger partial charge in [-0.15, -0.1) is 0 Å². The first-order chi connectivity index (χ1) is 16.5. The van der Waals surface area contributed by atoms with Gasteiger partial charge in [-0.25, -0.2) is 8.42 Å². The number of carbonyl (C=O) groups excluding carboxylic acids is 1. The van der Waals surface area contributed by atoms with Crippen LogP contribution in [0.3, 0.4) is 0 Å². The van der Waals surface area contributed by atoms with E-state index in [4.69, 9.17) is 9.47 Å². The highest BCUT2D eigenvalue weighted by Crippen LogP contribution is 2.31. The molecule has 2 N–H and O–H groups in total. The number of ether oxygens (including phenoxy) is 2. The molecule has 1 amide bonds. The number of para-hydroxylation sites is 2. The molecule has 0 unspecified atom stereocenters. The molecule has 0 bridgehead atoms. The number of alkyl halides is 3. The fraction of sp³-hybridized carbons (Fsp3) is 0.208. The van der Waals surface area contributed by atoms with Crippen LogP contribution in [0.1, 0.15) is 18.9 Å². The molecule has 3 aromatic rings. The van der Waals surface area contributed by atoms with Crippen molar-refractivity contribution in [1.29, 1.82) is 0 Å². The molecule has 3 rings (SSSR count). The van der Waals surface area contributed by atoms with E-state index >= 15 is 0 Å². The van der Waals surface area contributed by atoms with Crippen molar-refractivity contribution in [3.05, 3.63) is 78.4 Å². The Morgan fingerprint density at radius 1 is 0.943 bits per heavy atom. The summed E-state index contributed by atoms with van der Waals surface area (Å²) in [5.74, 6) is 0.428. The van der Waals surface area contributed by atoms with Gasteiger partial charge in [-0.2, -0.15) is 13.2 Å². The second-order valence-corrected chi connectivity index (χ2v) is 9.05. The lowest BCUT2D eigenvalue weighted by atomic mass is 10.2. The van der Waals surface area contributed by atoms with E-state index < -0.39 is 33.8 Å². The van der Waals surface area contributed by atoms with Crippen molar-refractivity contribution in [3.63, 3.8) is 0 Å². The fourth-order valence-electron chi connectivity index (χ4n) is 3.10. The number of nitrogens with one attached hydrogen (secondary N) is 2. The third-order valence-electron chi connectivity index (χ3n) is 4.88. The average molecular weight is 509 g/mol. The molecular formula is C24H23F3N2O5S. The van der Waals surface area contributed by atoms with E-state index in [0.717, 1.165) is 12.1 Å². The Balaban J connectivity index is 1.69. The molecule has 1 atom stereocenters. The first kappa shape index (κ1) is 25.9. The molecule has 35 heavy (non-hydrogen) atoms. The number of sulfonamides is 1. The lowest BCUT2D eigenvalue weighted by Crippen LogP contribution is -2.32. The molecule has 0 aromatic heterocycles. The van der Waals surface area contributed by atoms with Gasteiger partial charge >= 0.3 is 6.18 Å². The average Bonchev–Trinajstić information content (AvgIpc) is 2.82. The standard InChI is InChI=1S/C24H23F3N2O5S/c1-3-20(34-22-10-5-4-9-21(22)33-2)23(30)28-17-11-13-19(14-12-17)35(31,32)29-18-8-6-7-16(15-18)24(25,26)27/h4-15,20,29H,3H2,1-2H3,(H,28,30)/t20-/m1/s1. The van der Waals surface area contributed by atoms with Crippen molar-refractivity contribution in [2.24, 2.45) is 0 Å². The second-order valence-electron chi connectivity index (χ2n) is 7.36. The van der Waals surface area contributed by atoms with Crippen LogP contribution < -0.4 is 19.5 Å². The first-order valence-corrected chi connectivity index (χ1v) is 11.9. The Bertz CT molecular complexity index is 1280. The monoisotopic (exact) mass is 508 g/mol. The molecule has 0 heterocycles. The molecular weight excluding hydrogens is 485 g/mol. The minimum absolute atomic E-state index is 0.190. The molecule has 7 nitrogen and oxygen atoms in total. The summed E-state index contributed by atoms with van der Waals surface area (Å²) in [6, 6.07) is 16.0. The first-order valence-electron chi connectivity index (χ1n) is 10.4. The van der Waals surface area contributed by atoms with Crippen LogP contribution in [0.4, 0.5) is 24.5 Å². The van der Waals surface area contributed by atoms with Crippen LogP contribution in [0.25, 0.3) is 0 Å². The molecule has 0 saturated heterocycles. The SMILES string of the molecule is CC[C@@H](Oc1ccccc1OC)C(=O)Nc1ccc(S(=O)(=O)Nc2cccc(C(F)(F)F)c2)cc1. The van der Waals surface area contributed by atoms with E-state index in [1.165, 1.54) is 37.4 Å². The van der Waals surface area contributed by atoms with Gasteiger partial charge in [-0.1, -0.05) is 25.1 Å². The molecule has 0 aliphatic carbocycles. The number of methoxy groups -OCH3 is 1. The van der Waals surface area contributed by atoms with Crippen LogP contribution in [-0.4, -0.2) is 27.5 Å². The molecule has 0 spiro atoms. The molecule has 0 aliphatic rings. The molecule has 11 heteroatoms. The number of carbonyl (C=O) groups is 1. The highest BCUT2D eigenvalue weighted by molar-refractivity contribution is 7.92. The van der Waals surface area contributed by atoms with Crippen molar-refractivity contribution in [3.8, 4) is 11.5 Å². The number of benzene rings is 3. The summed E-state index contributed by atoms with van der Waals surface area (Å²) in [6.45, 7) is 1.77. The van der Waals surface area contributed by atoms with Crippen molar-refractivity contribution in [1.82, 2.24) is 0 Å². The summed E-state index contributed by atoms with van der Waals surface area (Å²) < 4.78 is 77.0. The van der Waals surface area contributed by atoms with E-state index in [0.29, 0.717) is 29.7 Å². The zero-order valence-corrected chi connectivity index (χ0v) is 19.6. The Morgan fingerprint density at radius 3 is 2.20 bits per heavy atom. The Kier molecular flexibility index (Phi) is 7.90. The van der Waals surface area contributed by atoms with Gasteiger partial charge in [0.2, 0.25) is 0 Å². The van der Waals surface area contributed by atoms with Gasteiger partial charge in [0, 0.05) is 11.4 Å². The smallest absolute Gasteiger partial charge is 0.416 e. The second kappa shape index (κ2) is 10.7. The van der Waals surface area contributed by atoms with Crippen LogP contribution in [-0.2, 0) is 21.0 Å². The molecule has 0 saturated carbocycles. The van der Waals surface area contributed by atoms with Crippen LogP contribution in [0.5, 0.6) is 11.5 Å². The Morgan fingerprint density at radius 2 is 1.60 bits per heavy atom. The van der Waals surface area contributed by atoms with Gasteiger partial charge in [0.05, 0.1) is 17.6 Å². The lowest BCUT2D eigenvalue weighted by Gasteiger charge is -2.19. The predicted molar refractivity (Wildman–Crippen MR) is 125 cm³/mol. The number of rotatable bonds is 9. The molecule has 0 aliphatic heterocycles. The molecule has 0 radical (unpaired) electrons. The van der Waals surface area contributed by atoms with Gasteiger partial charge in [0.15, 0.2) is 17.6 Å². The quantitative estimate of drug-likeness (QED) is 0.409. The van der Waals surface area contributed by atoms with E-state index in [1.54, 1.807) is 31.2 Å². The number of halogens is 3. The number of anilines is 2. The van der Waals surface area contributed by atoms with Crippen molar-refractivity contribution < 1.29 is 35.9 Å². The van der Waals surface area contributed by atoms with E-state index in [-0.39, 0.29) is 10.6 Å². The van der Waals surface area contributed by atoms with Gasteiger partial charge < -0.3 is 14.8 Å². The zero-order valence-electron chi connectivity index (χ0n) is 18.8. The summed E-state index contributed by atoms with van der Waals surface area (Å²) in [5.41, 5.74) is -0.886. The van der Waals surface area contributed by atoms with Crippen LogP contribution >= 0.6 is 0 Å². The van der Waals surface area contributed by atoms with Gasteiger partial charge in [-0.05, 0) is 61.0 Å². The van der Waals surface area contributed by atoms with Gasteiger partial charge in [-0.3, -0.25) is 9.52 Å². The third kappa shape index (κ3) is 6.66. The largest absolute Gasteiger partial charge is 0.493 e. The van der Waals surface area contributed by atoms with Crippen LogP contribution in [0, 0.1) is 0 Å². The maximum atomic E-state index is 12.9. The van der Waals surface area contributed by atoms with Crippen LogP contribution in [0.2, 0.25) is 0 Å². The summed E-state index contributed by atoms with van der Waals surface area (Å²) in [6.07, 6.45) is -5.08. The normalized spacial score (nSPS) is 12.5. The molecule has 186 valence electrons. The highest BCUT2D eigenvalue weighted by atomic mass is 32.2. The maximum absolute atomic E-state index is 12.9. The van der Waals surface area contributed by atoms with E-state index in [2.05, 4.69) is 10.0 Å². The Hall–Kier alpha value is -3.73. The Labute approximate surface area is 200 Å². The summed E-state index contributed by atoms with van der Waals surface area (Å²) in [5, 5.41) is 2.66. The van der Waals surface area contributed by atoms with Gasteiger partial charge in [0.1, 0.15) is 0 Å². The number of amides is 1. The predicted octanol–water partition coefficient (Wildman–Crippen LogP) is 5.31. The van der Waals surface area contributed by atoms with Crippen molar-refractivity contribution in [2.45, 2.75) is 30.5 Å². The topological polar surface area (TPSA) is 93.7 Å². The maximum Gasteiger partial charge on any atom is 0.416 e. The van der Waals surface area contributed by atoms with E-state index in [1.807, 2.05) is 0 Å². The summed E-state index contributed by atoms with van der Waals surface area (Å²) in [7, 11) is -2.67. The van der Waals surface area contributed by atoms with Crippen molar-refractivity contribution in [2.75, 3.05) is 17.1 Å².